The molecule has 1 amide bonds. The number of carboxylic acid groups (broad SMARTS) is 1. The molecule has 0 aliphatic heterocycles. The molecule has 1 saturated carbocycles. The number of rotatable bonds is 10. The van der Waals surface area contributed by atoms with Crippen LogP contribution in [0.3, 0.4) is 0 Å². The molecule has 29 heavy (non-hydrogen) atoms. The monoisotopic (exact) mass is 419 g/mol. The number of hydrogen-bond acceptors (Lipinski definition) is 3. The summed E-state index contributed by atoms with van der Waals surface area (Å²) in [6.07, 6.45) is 0.734. The molecule has 1 aromatic rings. The molecule has 1 fully saturated rings. The van der Waals surface area contributed by atoms with Crippen LogP contribution < -0.4 is 5.32 Å². The number of amides is 1. The number of nitrogens with one attached hydrogen (secondary N) is 1. The van der Waals surface area contributed by atoms with E-state index in [1.54, 1.807) is 12.1 Å². The van der Waals surface area contributed by atoms with E-state index in [1.165, 1.54) is 0 Å². The van der Waals surface area contributed by atoms with Gasteiger partial charge in [0.2, 0.25) is 8.32 Å². The molecule has 2 N–H and O–H groups in total. The summed E-state index contributed by atoms with van der Waals surface area (Å²) in [6.45, 7) is 14.7. The molecular formula is C23H37NO4Si. The molecule has 1 aromatic carbocycles. The smallest absolute Gasteiger partial charge is 0.334 e. The van der Waals surface area contributed by atoms with Crippen LogP contribution in [-0.4, -0.2) is 36.9 Å². The van der Waals surface area contributed by atoms with Crippen molar-refractivity contribution >= 4 is 20.2 Å². The molecule has 0 aromatic heterocycles. The van der Waals surface area contributed by atoms with Gasteiger partial charge in [0, 0.05) is 5.56 Å². The van der Waals surface area contributed by atoms with Crippen molar-refractivity contribution in [2.45, 2.75) is 89.6 Å². The van der Waals surface area contributed by atoms with E-state index in [0.29, 0.717) is 5.56 Å². The Hall–Kier alpha value is -1.66. The van der Waals surface area contributed by atoms with Gasteiger partial charge in [-0.05, 0) is 54.4 Å². The van der Waals surface area contributed by atoms with Crippen LogP contribution in [0.25, 0.3) is 0 Å². The maximum Gasteiger partial charge on any atom is 0.334 e. The molecule has 0 heterocycles. The van der Waals surface area contributed by atoms with Gasteiger partial charge in [0.25, 0.3) is 5.91 Å². The number of carbonyl (C=O) groups is 2. The molecular weight excluding hydrogens is 382 g/mol. The van der Waals surface area contributed by atoms with Crippen molar-refractivity contribution < 1.29 is 19.1 Å². The zero-order chi connectivity index (χ0) is 22.0. The second-order valence-corrected chi connectivity index (χ2v) is 14.9. The van der Waals surface area contributed by atoms with Crippen molar-refractivity contribution in [3.8, 4) is 0 Å². The van der Waals surface area contributed by atoms with Gasteiger partial charge in [0.1, 0.15) is 0 Å². The van der Waals surface area contributed by atoms with Gasteiger partial charge in [0.05, 0.1) is 5.54 Å². The van der Waals surface area contributed by atoms with Crippen molar-refractivity contribution in [3.05, 3.63) is 35.9 Å². The predicted molar refractivity (Wildman–Crippen MR) is 119 cm³/mol. The van der Waals surface area contributed by atoms with E-state index in [0.717, 1.165) is 12.8 Å². The summed E-state index contributed by atoms with van der Waals surface area (Å²) in [7, 11) is -2.44. The Morgan fingerprint density at radius 2 is 1.52 bits per heavy atom. The maximum absolute atomic E-state index is 12.9. The highest BCUT2D eigenvalue weighted by molar-refractivity contribution is 6.77. The Bertz CT molecular complexity index is 693. The average molecular weight is 420 g/mol. The topological polar surface area (TPSA) is 75.6 Å². The molecule has 6 heteroatoms. The summed E-state index contributed by atoms with van der Waals surface area (Å²) in [5.74, 6) is -1.14. The van der Waals surface area contributed by atoms with E-state index in [2.05, 4.69) is 46.9 Å². The van der Waals surface area contributed by atoms with E-state index < -0.39 is 25.9 Å². The minimum atomic E-state index is -2.44. The number of hydrogen-bond donors (Lipinski definition) is 2. The molecule has 0 bridgehead atoms. The lowest BCUT2D eigenvalue weighted by atomic mass is 9.88. The predicted octanol–water partition coefficient (Wildman–Crippen LogP) is 5.23. The van der Waals surface area contributed by atoms with Crippen molar-refractivity contribution in [1.29, 1.82) is 0 Å². The van der Waals surface area contributed by atoms with Crippen LogP contribution in [0.5, 0.6) is 0 Å². The Balaban J connectivity index is 2.43. The molecule has 5 nitrogen and oxygen atoms in total. The number of benzene rings is 1. The zero-order valence-electron chi connectivity index (χ0n) is 18.9. The summed E-state index contributed by atoms with van der Waals surface area (Å²) in [5.41, 5.74) is 0.367. The SMILES string of the molecule is CC(C)[Si](O[C@@H](C(=O)O)[C@@](C)(NC(=O)c1ccccc1)C1CC1)(C(C)C)C(C)C. The van der Waals surface area contributed by atoms with Gasteiger partial charge in [-0.15, -0.1) is 0 Å². The van der Waals surface area contributed by atoms with Crippen LogP contribution in [0.4, 0.5) is 0 Å². The molecule has 0 unspecified atom stereocenters. The number of carboxylic acids is 1. The summed E-state index contributed by atoms with van der Waals surface area (Å²) >= 11 is 0. The summed E-state index contributed by atoms with van der Waals surface area (Å²) in [5, 5.41) is 13.3. The van der Waals surface area contributed by atoms with Crippen LogP contribution in [0.2, 0.25) is 16.6 Å². The Labute approximate surface area is 176 Å². The molecule has 162 valence electrons. The van der Waals surface area contributed by atoms with Crippen molar-refractivity contribution in [2.75, 3.05) is 0 Å². The van der Waals surface area contributed by atoms with E-state index in [9.17, 15) is 14.7 Å². The molecule has 0 radical (unpaired) electrons. The first kappa shape index (κ1) is 23.6. The summed E-state index contributed by atoms with van der Waals surface area (Å²) in [4.78, 5) is 25.4. The quantitative estimate of drug-likeness (QED) is 0.509. The molecule has 1 aliphatic carbocycles. The zero-order valence-corrected chi connectivity index (χ0v) is 19.9. The van der Waals surface area contributed by atoms with Crippen LogP contribution in [0, 0.1) is 5.92 Å². The maximum atomic E-state index is 12.9. The third-order valence-electron chi connectivity index (χ3n) is 6.64. The van der Waals surface area contributed by atoms with Crippen LogP contribution in [0.15, 0.2) is 30.3 Å². The minimum Gasteiger partial charge on any atom is -0.479 e. The Morgan fingerprint density at radius 1 is 1.03 bits per heavy atom. The van der Waals surface area contributed by atoms with E-state index >= 15 is 0 Å². The fourth-order valence-electron chi connectivity index (χ4n) is 5.01. The Kier molecular flexibility index (Phi) is 7.33. The summed E-state index contributed by atoms with van der Waals surface area (Å²) in [6, 6.07) is 8.96. The molecule has 1 aliphatic rings. The highest BCUT2D eigenvalue weighted by Crippen LogP contribution is 2.48. The molecule has 2 rings (SSSR count). The van der Waals surface area contributed by atoms with Gasteiger partial charge >= 0.3 is 5.97 Å². The van der Waals surface area contributed by atoms with Crippen molar-refractivity contribution in [1.82, 2.24) is 5.32 Å². The van der Waals surface area contributed by atoms with Gasteiger partial charge in [-0.2, -0.15) is 0 Å². The first-order valence-electron chi connectivity index (χ1n) is 10.7. The normalized spacial score (nSPS) is 18.0. The van der Waals surface area contributed by atoms with Gasteiger partial charge in [-0.25, -0.2) is 4.79 Å². The molecule has 2 atom stereocenters. The second kappa shape index (κ2) is 9.00. The fraction of sp³-hybridized carbons (Fsp3) is 0.652. The van der Waals surface area contributed by atoms with E-state index in [-0.39, 0.29) is 28.4 Å². The lowest BCUT2D eigenvalue weighted by Gasteiger charge is -2.47. The third kappa shape index (κ3) is 4.74. The molecule has 0 saturated heterocycles. The van der Waals surface area contributed by atoms with E-state index in [1.807, 2.05) is 25.1 Å². The second-order valence-electron chi connectivity index (χ2n) is 9.53. The highest BCUT2D eigenvalue weighted by Gasteiger charge is 2.56. The number of aliphatic carboxylic acids is 1. The van der Waals surface area contributed by atoms with E-state index in [4.69, 9.17) is 4.43 Å². The highest BCUT2D eigenvalue weighted by atomic mass is 28.4. The van der Waals surface area contributed by atoms with Gasteiger partial charge in [0.15, 0.2) is 6.10 Å². The van der Waals surface area contributed by atoms with Crippen molar-refractivity contribution in [3.63, 3.8) is 0 Å². The minimum absolute atomic E-state index is 0.106. The largest absolute Gasteiger partial charge is 0.479 e. The third-order valence-corrected chi connectivity index (χ3v) is 12.7. The fourth-order valence-corrected chi connectivity index (χ4v) is 10.6. The molecule has 0 spiro atoms. The average Bonchev–Trinajstić information content (AvgIpc) is 3.47. The van der Waals surface area contributed by atoms with Gasteiger partial charge < -0.3 is 14.8 Å². The van der Waals surface area contributed by atoms with Gasteiger partial charge in [-0.3, -0.25) is 4.79 Å². The van der Waals surface area contributed by atoms with Gasteiger partial charge in [-0.1, -0.05) is 59.7 Å². The Morgan fingerprint density at radius 3 is 1.90 bits per heavy atom. The van der Waals surface area contributed by atoms with Crippen molar-refractivity contribution in [2.24, 2.45) is 5.92 Å². The van der Waals surface area contributed by atoms with Crippen LogP contribution in [0.1, 0.15) is 71.7 Å². The van der Waals surface area contributed by atoms with Crippen LogP contribution >= 0.6 is 0 Å². The van der Waals surface area contributed by atoms with Crippen LogP contribution in [-0.2, 0) is 9.22 Å². The number of carbonyl (C=O) groups excluding carboxylic acids is 1. The lowest BCUT2D eigenvalue weighted by molar-refractivity contribution is -0.150. The first-order valence-corrected chi connectivity index (χ1v) is 12.9. The lowest BCUT2D eigenvalue weighted by Crippen LogP contribution is -2.64. The first-order chi connectivity index (χ1) is 13.5. The summed E-state index contributed by atoms with van der Waals surface area (Å²) < 4.78 is 6.71. The standard InChI is InChI=1S/C23H37NO4Si/c1-15(2)29(16(3)4,17(5)6)28-20(22(26)27)23(7,19-13-14-19)24-21(25)18-11-9-8-10-12-18/h8-12,15-17,19-20H,13-14H2,1-7H3,(H,24,25)(H,26,27)/t20-,23-/m0/s1.